The molecule has 2 aliphatic heterocycles. The van der Waals surface area contributed by atoms with Gasteiger partial charge in [-0.05, 0) is 61.2 Å². The Bertz CT molecular complexity index is 1450. The maximum Gasteiger partial charge on any atom is 0.279 e. The molecule has 0 radical (unpaired) electrons. The molecular weight excluding hydrogens is 480 g/mol. The van der Waals surface area contributed by atoms with Gasteiger partial charge in [0, 0.05) is 35.6 Å². The molecule has 2 aromatic carbocycles. The van der Waals surface area contributed by atoms with E-state index in [1.165, 1.54) is 22.6 Å². The third kappa shape index (κ3) is 3.85. The van der Waals surface area contributed by atoms with E-state index in [1.807, 2.05) is 0 Å². The van der Waals surface area contributed by atoms with Crippen LogP contribution in [0.4, 0.5) is 14.5 Å². The summed E-state index contributed by atoms with van der Waals surface area (Å²) in [4.78, 5) is 40.5. The van der Waals surface area contributed by atoms with Gasteiger partial charge in [0.2, 0.25) is 5.43 Å². The average Bonchev–Trinajstić information content (AvgIpc) is 2.96. The van der Waals surface area contributed by atoms with Crippen molar-refractivity contribution in [2.75, 3.05) is 11.4 Å². The Labute approximate surface area is 203 Å². The summed E-state index contributed by atoms with van der Waals surface area (Å²) in [7, 11) is 0. The molecule has 1 aromatic heterocycles. The maximum absolute atomic E-state index is 14.1. The predicted octanol–water partition coefficient (Wildman–Crippen LogP) is 3.87. The monoisotopic (exact) mass is 499 g/mol. The lowest BCUT2D eigenvalue weighted by atomic mass is 10.0. The van der Waals surface area contributed by atoms with Crippen molar-refractivity contribution in [1.82, 2.24) is 9.88 Å². The van der Waals surface area contributed by atoms with E-state index in [4.69, 9.17) is 11.6 Å². The molecule has 1 atom stereocenters. The molecule has 0 aliphatic carbocycles. The Hall–Kier alpha value is -3.72. The second kappa shape index (κ2) is 8.49. The van der Waals surface area contributed by atoms with Gasteiger partial charge in [0.15, 0.2) is 11.4 Å². The first-order valence-corrected chi connectivity index (χ1v) is 11.3. The lowest BCUT2D eigenvalue weighted by Gasteiger charge is -2.35. The van der Waals surface area contributed by atoms with Crippen molar-refractivity contribution in [2.24, 2.45) is 0 Å². The number of carbonyl (C=O) groups is 2. The highest BCUT2D eigenvalue weighted by molar-refractivity contribution is 6.30. The van der Waals surface area contributed by atoms with Crippen LogP contribution in [-0.2, 0) is 13.0 Å². The second-order valence-electron chi connectivity index (χ2n) is 8.75. The van der Waals surface area contributed by atoms with E-state index in [2.05, 4.69) is 5.32 Å². The largest absolute Gasteiger partial charge is 0.503 e. The molecule has 10 heteroatoms. The van der Waals surface area contributed by atoms with Gasteiger partial charge in [-0.1, -0.05) is 11.6 Å². The molecular formula is C25H20ClF2N3O4. The fourth-order valence-electron chi connectivity index (χ4n) is 4.73. The fraction of sp³-hybridized carbons (Fsp3) is 0.240. The number of nitrogens with one attached hydrogen (secondary N) is 1. The molecule has 2 bridgehead atoms. The van der Waals surface area contributed by atoms with Crippen LogP contribution in [0.2, 0.25) is 5.02 Å². The third-order valence-electron chi connectivity index (χ3n) is 6.48. The van der Waals surface area contributed by atoms with Crippen molar-refractivity contribution in [3.63, 3.8) is 0 Å². The molecule has 2 amide bonds. The number of pyridine rings is 1. The molecule has 180 valence electrons. The SMILES string of the molecule is Cc1cc(F)c(CNC(=O)c2cn3c(c(O)c2=O)C(=O)N2CC3CCc3cc(Cl)ccc32)c(F)c1. The molecule has 1 unspecified atom stereocenters. The number of fused-ring (bicyclic) bond motifs is 6. The summed E-state index contributed by atoms with van der Waals surface area (Å²) in [6, 6.07) is 7.13. The fourth-order valence-corrected chi connectivity index (χ4v) is 4.93. The Morgan fingerprint density at radius 2 is 1.91 bits per heavy atom. The van der Waals surface area contributed by atoms with Crippen molar-refractivity contribution < 1.29 is 23.5 Å². The first kappa shape index (κ1) is 23.0. The minimum Gasteiger partial charge on any atom is -0.503 e. The summed E-state index contributed by atoms with van der Waals surface area (Å²) in [5.41, 5.74) is -0.112. The number of aryl methyl sites for hydroxylation is 2. The highest BCUT2D eigenvalue weighted by Crippen LogP contribution is 2.38. The van der Waals surface area contributed by atoms with Gasteiger partial charge >= 0.3 is 0 Å². The van der Waals surface area contributed by atoms with Gasteiger partial charge in [0.1, 0.15) is 17.2 Å². The molecule has 5 rings (SSSR count). The molecule has 7 nitrogen and oxygen atoms in total. The van der Waals surface area contributed by atoms with Crippen LogP contribution in [0.15, 0.2) is 41.3 Å². The normalized spacial score (nSPS) is 16.4. The van der Waals surface area contributed by atoms with Crippen molar-refractivity contribution in [2.45, 2.75) is 32.4 Å². The topological polar surface area (TPSA) is 91.6 Å². The number of nitrogens with zero attached hydrogens (tertiary/aromatic N) is 2. The summed E-state index contributed by atoms with van der Waals surface area (Å²) in [6.07, 6.45) is 2.38. The molecule has 3 heterocycles. The molecule has 3 aromatic rings. The zero-order chi connectivity index (χ0) is 25.0. The minimum atomic E-state index is -1.04. The molecule has 0 fully saturated rings. The van der Waals surface area contributed by atoms with Crippen molar-refractivity contribution in [3.8, 4) is 5.75 Å². The number of anilines is 1. The van der Waals surface area contributed by atoms with Crippen LogP contribution in [0.3, 0.4) is 0 Å². The number of rotatable bonds is 3. The number of halogens is 3. The van der Waals surface area contributed by atoms with Gasteiger partial charge in [0.25, 0.3) is 11.8 Å². The summed E-state index contributed by atoms with van der Waals surface area (Å²) < 4.78 is 29.7. The highest BCUT2D eigenvalue weighted by atomic mass is 35.5. The van der Waals surface area contributed by atoms with E-state index < -0.39 is 46.7 Å². The number of aromatic nitrogens is 1. The van der Waals surface area contributed by atoms with Crippen molar-refractivity contribution in [3.05, 3.63) is 91.4 Å². The highest BCUT2D eigenvalue weighted by Gasteiger charge is 2.38. The van der Waals surface area contributed by atoms with Crippen LogP contribution in [0.25, 0.3) is 0 Å². The van der Waals surface area contributed by atoms with Crippen molar-refractivity contribution in [1.29, 1.82) is 0 Å². The Kier molecular flexibility index (Phi) is 5.59. The Balaban J connectivity index is 1.50. The van der Waals surface area contributed by atoms with Crippen LogP contribution in [-0.4, -0.2) is 28.0 Å². The van der Waals surface area contributed by atoms with E-state index >= 15 is 0 Å². The van der Waals surface area contributed by atoms with E-state index in [9.17, 15) is 28.3 Å². The third-order valence-corrected chi connectivity index (χ3v) is 6.71. The van der Waals surface area contributed by atoms with E-state index in [1.54, 1.807) is 18.2 Å². The summed E-state index contributed by atoms with van der Waals surface area (Å²) in [5.74, 6) is -3.98. The number of hydrogen-bond acceptors (Lipinski definition) is 4. The smallest absolute Gasteiger partial charge is 0.279 e. The lowest BCUT2D eigenvalue weighted by molar-refractivity contribution is 0.0929. The number of hydrogen-bond donors (Lipinski definition) is 2. The Morgan fingerprint density at radius 3 is 2.63 bits per heavy atom. The summed E-state index contributed by atoms with van der Waals surface area (Å²) in [5, 5.41) is 13.6. The lowest BCUT2D eigenvalue weighted by Crippen LogP contribution is -2.44. The van der Waals surface area contributed by atoms with E-state index in [0.29, 0.717) is 29.1 Å². The zero-order valence-corrected chi connectivity index (χ0v) is 19.3. The predicted molar refractivity (Wildman–Crippen MR) is 125 cm³/mol. The van der Waals surface area contributed by atoms with Crippen molar-refractivity contribution >= 4 is 29.1 Å². The summed E-state index contributed by atoms with van der Waals surface area (Å²) in [6.45, 7) is 1.32. The quantitative estimate of drug-likeness (QED) is 0.572. The maximum atomic E-state index is 14.1. The van der Waals surface area contributed by atoms with Gasteiger partial charge in [-0.3, -0.25) is 14.4 Å². The number of aromatic hydroxyl groups is 1. The first-order valence-electron chi connectivity index (χ1n) is 11.0. The number of amides is 2. The zero-order valence-electron chi connectivity index (χ0n) is 18.6. The molecule has 2 N–H and O–H groups in total. The molecule has 0 saturated heterocycles. The molecule has 35 heavy (non-hydrogen) atoms. The van der Waals surface area contributed by atoms with E-state index in [-0.39, 0.29) is 23.8 Å². The molecule has 0 saturated carbocycles. The van der Waals surface area contributed by atoms with Gasteiger partial charge in [-0.25, -0.2) is 8.78 Å². The Morgan fingerprint density at radius 1 is 1.20 bits per heavy atom. The minimum absolute atomic E-state index is 0.207. The molecule has 0 spiro atoms. The average molecular weight is 500 g/mol. The standard InChI is InChI=1S/C25H20ClF2N3O4/c1-12-6-18(27)16(19(28)7-12)9-29-24(34)17-11-30-15-4-2-13-8-14(26)3-5-20(13)31(10-15)25(35)21(30)23(33)22(17)32/h3,5-8,11,15,33H,2,4,9-10H2,1H3,(H,29,34). The van der Waals surface area contributed by atoms with Crippen LogP contribution in [0.1, 0.15) is 50.0 Å². The van der Waals surface area contributed by atoms with Crippen LogP contribution >= 0.6 is 11.6 Å². The number of benzene rings is 2. The van der Waals surface area contributed by atoms with Gasteiger partial charge < -0.3 is 19.9 Å². The number of carbonyl (C=O) groups excluding carboxylic acids is 2. The van der Waals surface area contributed by atoms with Crippen LogP contribution < -0.4 is 15.6 Å². The van der Waals surface area contributed by atoms with Gasteiger partial charge in [-0.2, -0.15) is 0 Å². The van der Waals surface area contributed by atoms with Gasteiger partial charge in [-0.15, -0.1) is 0 Å². The van der Waals surface area contributed by atoms with E-state index in [0.717, 1.165) is 17.7 Å². The summed E-state index contributed by atoms with van der Waals surface area (Å²) >= 11 is 6.12. The molecule has 2 aliphatic rings. The van der Waals surface area contributed by atoms with Crippen LogP contribution in [0.5, 0.6) is 5.75 Å². The van der Waals surface area contributed by atoms with Crippen LogP contribution in [0, 0.1) is 18.6 Å². The first-order chi connectivity index (χ1) is 16.7. The second-order valence-corrected chi connectivity index (χ2v) is 9.18. The van der Waals surface area contributed by atoms with Gasteiger partial charge in [0.05, 0.1) is 6.04 Å².